The van der Waals surface area contributed by atoms with Crippen LogP contribution in [0.4, 0.5) is 14.5 Å². The van der Waals surface area contributed by atoms with Crippen molar-refractivity contribution in [1.82, 2.24) is 4.98 Å². The minimum atomic E-state index is -1.17. The number of Topliss-reactive ketones (excluding diaryl/α,β-unsaturated/α-hetero) is 1. The molecule has 1 aromatic heterocycles. The van der Waals surface area contributed by atoms with E-state index in [1.165, 1.54) is 25.6 Å². The Morgan fingerprint density at radius 3 is 2.42 bits per heavy atom. The summed E-state index contributed by atoms with van der Waals surface area (Å²) in [7, 11) is 1.41. The minimum Gasteiger partial charge on any atom is -0.507 e. The van der Waals surface area contributed by atoms with Crippen LogP contribution in [0, 0.1) is 11.6 Å². The Morgan fingerprint density at radius 1 is 1.03 bits per heavy atom. The van der Waals surface area contributed by atoms with Gasteiger partial charge in [-0.2, -0.15) is 0 Å². The van der Waals surface area contributed by atoms with Crippen LogP contribution in [0.25, 0.3) is 5.76 Å². The highest BCUT2D eigenvalue weighted by atomic mass is 19.2. The number of hydrogen-bond donors (Lipinski definition) is 1. The number of hydrogen-bond acceptors (Lipinski definition) is 5. The van der Waals surface area contributed by atoms with E-state index in [2.05, 4.69) is 4.98 Å². The molecule has 1 saturated heterocycles. The van der Waals surface area contributed by atoms with Gasteiger partial charge in [-0.25, -0.2) is 8.78 Å². The number of halogens is 2. The number of anilines is 1. The van der Waals surface area contributed by atoms with Gasteiger partial charge in [0, 0.05) is 24.1 Å². The number of ether oxygens (including phenoxy) is 1. The van der Waals surface area contributed by atoms with E-state index < -0.39 is 35.1 Å². The molecule has 0 saturated carbocycles. The zero-order valence-electron chi connectivity index (χ0n) is 16.3. The molecule has 1 amide bonds. The van der Waals surface area contributed by atoms with Crippen LogP contribution in [0.1, 0.15) is 17.2 Å². The quantitative estimate of drug-likeness (QED) is 0.391. The summed E-state index contributed by atoms with van der Waals surface area (Å²) < 4.78 is 32.7. The van der Waals surface area contributed by atoms with Crippen molar-refractivity contribution in [3.8, 4) is 5.75 Å². The van der Waals surface area contributed by atoms with Gasteiger partial charge in [-0.3, -0.25) is 19.5 Å². The topological polar surface area (TPSA) is 79.7 Å². The number of aliphatic hydroxyl groups excluding tert-OH is 1. The molecule has 8 heteroatoms. The van der Waals surface area contributed by atoms with E-state index in [4.69, 9.17) is 4.74 Å². The molecule has 0 spiro atoms. The Labute approximate surface area is 176 Å². The molecular formula is C23H16F2N2O4. The highest BCUT2D eigenvalue weighted by Crippen LogP contribution is 2.43. The lowest BCUT2D eigenvalue weighted by atomic mass is 9.95. The number of aromatic nitrogens is 1. The van der Waals surface area contributed by atoms with Gasteiger partial charge >= 0.3 is 0 Å². The third-order valence-corrected chi connectivity index (χ3v) is 5.01. The van der Waals surface area contributed by atoms with Crippen molar-refractivity contribution in [2.24, 2.45) is 0 Å². The van der Waals surface area contributed by atoms with E-state index in [1.54, 1.807) is 36.4 Å². The Morgan fingerprint density at radius 2 is 1.74 bits per heavy atom. The summed E-state index contributed by atoms with van der Waals surface area (Å²) in [5.74, 6) is -4.35. The predicted molar refractivity (Wildman–Crippen MR) is 108 cm³/mol. The van der Waals surface area contributed by atoms with E-state index in [1.807, 2.05) is 0 Å². The SMILES string of the molecule is COc1ccccc1/C(O)=C1\C(=O)C(=O)N(c2ccc(F)c(F)c2)C1c1ccncc1. The summed E-state index contributed by atoms with van der Waals surface area (Å²) in [5, 5.41) is 11.1. The molecule has 2 aromatic carbocycles. The fourth-order valence-electron chi connectivity index (χ4n) is 3.58. The third kappa shape index (κ3) is 3.42. The first-order chi connectivity index (χ1) is 14.9. The molecule has 31 heavy (non-hydrogen) atoms. The largest absolute Gasteiger partial charge is 0.507 e. The number of pyridine rings is 1. The predicted octanol–water partition coefficient (Wildman–Crippen LogP) is 3.99. The van der Waals surface area contributed by atoms with Crippen LogP contribution in [-0.2, 0) is 9.59 Å². The molecule has 1 N–H and O–H groups in total. The van der Waals surface area contributed by atoms with Crippen molar-refractivity contribution < 1.29 is 28.2 Å². The van der Waals surface area contributed by atoms with E-state index in [9.17, 15) is 23.5 Å². The number of ketones is 1. The van der Waals surface area contributed by atoms with Crippen LogP contribution in [-0.4, -0.2) is 28.9 Å². The molecule has 2 heterocycles. The first-order valence-electron chi connectivity index (χ1n) is 9.23. The second-order valence-corrected chi connectivity index (χ2v) is 6.75. The number of nitrogens with zero attached hydrogens (tertiary/aromatic N) is 2. The molecule has 6 nitrogen and oxygen atoms in total. The van der Waals surface area contributed by atoms with Crippen molar-refractivity contribution in [2.75, 3.05) is 12.0 Å². The second-order valence-electron chi connectivity index (χ2n) is 6.75. The molecule has 1 aliphatic heterocycles. The Balaban J connectivity index is 1.97. The smallest absolute Gasteiger partial charge is 0.300 e. The Hall–Kier alpha value is -4.07. The molecule has 1 atom stereocenters. The lowest BCUT2D eigenvalue weighted by Crippen LogP contribution is -2.29. The van der Waals surface area contributed by atoms with Crippen LogP contribution in [0.2, 0.25) is 0 Å². The van der Waals surface area contributed by atoms with Gasteiger partial charge in [0.15, 0.2) is 11.6 Å². The molecule has 0 radical (unpaired) electrons. The molecule has 1 unspecified atom stereocenters. The average molecular weight is 422 g/mol. The fraction of sp³-hybridized carbons (Fsp3) is 0.0870. The normalized spacial score (nSPS) is 17.8. The van der Waals surface area contributed by atoms with E-state index in [0.29, 0.717) is 11.3 Å². The number of benzene rings is 2. The van der Waals surface area contributed by atoms with Gasteiger partial charge in [0.1, 0.15) is 11.5 Å². The number of carbonyl (C=O) groups is 2. The van der Waals surface area contributed by atoms with Crippen molar-refractivity contribution in [2.45, 2.75) is 6.04 Å². The maximum Gasteiger partial charge on any atom is 0.300 e. The van der Waals surface area contributed by atoms with Crippen LogP contribution in [0.3, 0.4) is 0 Å². The van der Waals surface area contributed by atoms with Gasteiger partial charge in [0.25, 0.3) is 11.7 Å². The van der Waals surface area contributed by atoms with Gasteiger partial charge in [-0.1, -0.05) is 12.1 Å². The van der Waals surface area contributed by atoms with E-state index in [-0.39, 0.29) is 16.8 Å². The first-order valence-corrected chi connectivity index (χ1v) is 9.23. The highest BCUT2D eigenvalue weighted by molar-refractivity contribution is 6.51. The lowest BCUT2D eigenvalue weighted by molar-refractivity contribution is -0.132. The summed E-state index contributed by atoms with van der Waals surface area (Å²) >= 11 is 0. The van der Waals surface area contributed by atoms with Crippen LogP contribution >= 0.6 is 0 Å². The lowest BCUT2D eigenvalue weighted by Gasteiger charge is -2.25. The Kier molecular flexibility index (Phi) is 5.21. The first kappa shape index (κ1) is 20.2. The van der Waals surface area contributed by atoms with Gasteiger partial charge in [-0.05, 0) is 42.0 Å². The molecular weight excluding hydrogens is 406 g/mol. The van der Waals surface area contributed by atoms with Crippen molar-refractivity contribution in [3.63, 3.8) is 0 Å². The molecule has 0 aliphatic carbocycles. The summed E-state index contributed by atoms with van der Waals surface area (Å²) in [4.78, 5) is 30.9. The maximum absolute atomic E-state index is 13.9. The van der Waals surface area contributed by atoms with Crippen LogP contribution < -0.4 is 9.64 Å². The summed E-state index contributed by atoms with van der Waals surface area (Å²) in [5.41, 5.74) is 0.440. The number of carbonyl (C=O) groups excluding carboxylic acids is 2. The van der Waals surface area contributed by atoms with Gasteiger partial charge in [-0.15, -0.1) is 0 Å². The number of amides is 1. The summed E-state index contributed by atoms with van der Waals surface area (Å²) in [6.07, 6.45) is 2.92. The number of rotatable bonds is 4. The average Bonchev–Trinajstić information content (AvgIpc) is 3.06. The van der Waals surface area contributed by atoms with Crippen molar-refractivity contribution in [3.05, 3.63) is 95.3 Å². The number of aliphatic hydroxyl groups is 1. The minimum absolute atomic E-state index is 0.0260. The van der Waals surface area contributed by atoms with E-state index in [0.717, 1.165) is 17.0 Å². The molecule has 1 fully saturated rings. The molecule has 156 valence electrons. The molecule has 4 rings (SSSR count). The van der Waals surface area contributed by atoms with Crippen LogP contribution in [0.15, 0.2) is 72.6 Å². The summed E-state index contributed by atoms with van der Waals surface area (Å²) in [6.45, 7) is 0. The number of methoxy groups -OCH3 is 1. The highest BCUT2D eigenvalue weighted by Gasteiger charge is 2.47. The zero-order chi connectivity index (χ0) is 22.1. The second kappa shape index (κ2) is 7.98. The van der Waals surface area contributed by atoms with Crippen LogP contribution in [0.5, 0.6) is 5.75 Å². The standard InChI is InChI=1S/C23H16F2N2O4/c1-31-18-5-3-2-4-15(18)21(28)19-20(13-8-10-26-11-9-13)27(23(30)22(19)29)14-6-7-16(24)17(25)12-14/h2-12,20,28H,1H3/b21-19+. The van der Waals surface area contributed by atoms with Gasteiger partial charge in [0.2, 0.25) is 0 Å². The number of para-hydroxylation sites is 1. The fourth-order valence-corrected chi connectivity index (χ4v) is 3.58. The van der Waals surface area contributed by atoms with E-state index >= 15 is 0 Å². The molecule has 3 aromatic rings. The van der Waals surface area contributed by atoms with Crippen molar-refractivity contribution in [1.29, 1.82) is 0 Å². The van der Waals surface area contributed by atoms with Gasteiger partial charge in [0.05, 0.1) is 24.3 Å². The Bertz CT molecular complexity index is 1210. The zero-order valence-corrected chi connectivity index (χ0v) is 16.3. The van der Waals surface area contributed by atoms with Crippen molar-refractivity contribution >= 4 is 23.1 Å². The van der Waals surface area contributed by atoms with Gasteiger partial charge < -0.3 is 9.84 Å². The monoisotopic (exact) mass is 422 g/mol. The molecule has 1 aliphatic rings. The molecule has 0 bridgehead atoms. The maximum atomic E-state index is 13.9. The third-order valence-electron chi connectivity index (χ3n) is 5.01. The summed E-state index contributed by atoms with van der Waals surface area (Å²) in [6, 6.07) is 11.4.